The Morgan fingerprint density at radius 1 is 1.07 bits per heavy atom. The molecule has 4 rings (SSSR count). The van der Waals surface area contributed by atoms with Gasteiger partial charge in [-0.3, -0.25) is 4.79 Å². The average molecular weight is 387 g/mol. The summed E-state index contributed by atoms with van der Waals surface area (Å²) in [4.78, 5) is 19.6. The number of hydrogen-bond donors (Lipinski definition) is 0. The van der Waals surface area contributed by atoms with Crippen molar-refractivity contribution < 1.29 is 18.0 Å². The number of fused-ring (bicyclic) bond motifs is 1. The van der Waals surface area contributed by atoms with E-state index in [1.54, 1.807) is 4.90 Å². The van der Waals surface area contributed by atoms with Crippen LogP contribution in [-0.2, 0) is 13.2 Å². The first kappa shape index (κ1) is 18.5. The molecule has 1 fully saturated rings. The first-order valence-corrected chi connectivity index (χ1v) is 9.26. The molecule has 0 spiro atoms. The molecule has 0 saturated carbocycles. The van der Waals surface area contributed by atoms with Gasteiger partial charge in [-0.15, -0.1) is 0 Å². The minimum Gasteiger partial charge on any atom is -0.329 e. The lowest BCUT2D eigenvalue weighted by atomic mass is 9.99. The molecule has 1 amide bonds. The van der Waals surface area contributed by atoms with E-state index < -0.39 is 11.7 Å². The zero-order chi connectivity index (χ0) is 19.9. The number of aromatic nitrogens is 2. The van der Waals surface area contributed by atoms with Crippen molar-refractivity contribution in [3.05, 3.63) is 65.5 Å². The van der Waals surface area contributed by atoms with Crippen LogP contribution >= 0.6 is 0 Å². The second kappa shape index (κ2) is 6.96. The number of alkyl halides is 3. The molecule has 1 atom stereocenters. The summed E-state index contributed by atoms with van der Waals surface area (Å²) in [7, 11) is 1.93. The number of para-hydroxylation sites is 2. The number of likely N-dealkylation sites (tertiary alicyclic amines) is 1. The number of benzene rings is 2. The van der Waals surface area contributed by atoms with Gasteiger partial charge in [-0.1, -0.05) is 12.1 Å². The summed E-state index contributed by atoms with van der Waals surface area (Å²) in [6.45, 7) is 0.563. The molecule has 1 saturated heterocycles. The van der Waals surface area contributed by atoms with Gasteiger partial charge in [-0.2, -0.15) is 13.2 Å². The van der Waals surface area contributed by atoms with E-state index in [2.05, 4.69) is 0 Å². The SMILES string of the molecule is Cn1c([C@@H]2CCCCN2C(=O)c2ccc(C(F)(F)F)cc2)nc2ccccc21. The molecular weight excluding hydrogens is 367 g/mol. The van der Waals surface area contributed by atoms with E-state index in [1.807, 2.05) is 35.9 Å². The number of amides is 1. The van der Waals surface area contributed by atoms with Gasteiger partial charge in [0.15, 0.2) is 0 Å². The van der Waals surface area contributed by atoms with Crippen LogP contribution in [0.4, 0.5) is 13.2 Å². The minimum absolute atomic E-state index is 0.194. The van der Waals surface area contributed by atoms with Crippen molar-refractivity contribution in [2.45, 2.75) is 31.5 Å². The van der Waals surface area contributed by atoms with E-state index in [-0.39, 0.29) is 17.5 Å². The second-order valence-corrected chi connectivity index (χ2v) is 7.10. The van der Waals surface area contributed by atoms with Gasteiger partial charge in [-0.25, -0.2) is 4.98 Å². The number of carbonyl (C=O) groups is 1. The standard InChI is InChI=1S/C21H20F3N3O/c1-26-17-7-3-2-6-16(17)25-19(26)18-8-4-5-13-27(18)20(28)14-9-11-15(12-10-14)21(22,23)24/h2-3,6-7,9-12,18H,4-5,8,13H2,1H3/t18-/m0/s1. The van der Waals surface area contributed by atoms with E-state index >= 15 is 0 Å². The van der Waals surface area contributed by atoms with Crippen LogP contribution in [0, 0.1) is 0 Å². The summed E-state index contributed by atoms with van der Waals surface area (Å²) in [5.74, 6) is 0.548. The Balaban J connectivity index is 1.66. The van der Waals surface area contributed by atoms with Gasteiger partial charge in [0.1, 0.15) is 5.82 Å². The van der Waals surface area contributed by atoms with Gasteiger partial charge in [0.25, 0.3) is 5.91 Å². The predicted octanol–water partition coefficient (Wildman–Crippen LogP) is 4.96. The third kappa shape index (κ3) is 3.25. The quantitative estimate of drug-likeness (QED) is 0.623. The minimum atomic E-state index is -4.41. The molecule has 0 N–H and O–H groups in total. The number of hydrogen-bond acceptors (Lipinski definition) is 2. The lowest BCUT2D eigenvalue weighted by Crippen LogP contribution is -2.39. The molecule has 146 valence electrons. The molecule has 2 aromatic carbocycles. The Morgan fingerprint density at radius 2 is 1.79 bits per heavy atom. The number of rotatable bonds is 2. The van der Waals surface area contributed by atoms with Crippen molar-refractivity contribution >= 4 is 16.9 Å². The topological polar surface area (TPSA) is 38.1 Å². The number of nitrogens with zero attached hydrogens (tertiary/aromatic N) is 3. The maximum atomic E-state index is 13.1. The fraction of sp³-hybridized carbons (Fsp3) is 0.333. The molecule has 1 aliphatic rings. The number of aryl methyl sites for hydroxylation is 1. The van der Waals surface area contributed by atoms with Crippen LogP contribution in [0.15, 0.2) is 48.5 Å². The van der Waals surface area contributed by atoms with Crippen molar-refractivity contribution in [1.82, 2.24) is 14.5 Å². The van der Waals surface area contributed by atoms with Gasteiger partial charge in [0, 0.05) is 19.2 Å². The third-order valence-electron chi connectivity index (χ3n) is 5.34. The molecule has 3 aromatic rings. The summed E-state index contributed by atoms with van der Waals surface area (Å²) in [5, 5.41) is 0. The second-order valence-electron chi connectivity index (χ2n) is 7.10. The largest absolute Gasteiger partial charge is 0.416 e. The average Bonchev–Trinajstić information content (AvgIpc) is 3.04. The smallest absolute Gasteiger partial charge is 0.329 e. The Morgan fingerprint density at radius 3 is 2.46 bits per heavy atom. The monoisotopic (exact) mass is 387 g/mol. The molecule has 2 heterocycles. The summed E-state index contributed by atoms with van der Waals surface area (Å²) in [5.41, 5.74) is 1.37. The number of halogens is 3. The van der Waals surface area contributed by atoms with Crippen molar-refractivity contribution in [3.8, 4) is 0 Å². The van der Waals surface area contributed by atoms with Crippen LogP contribution < -0.4 is 0 Å². The first-order valence-electron chi connectivity index (χ1n) is 9.26. The molecule has 0 radical (unpaired) electrons. The molecule has 1 aliphatic heterocycles. The normalized spacial score (nSPS) is 17.9. The predicted molar refractivity (Wildman–Crippen MR) is 99.8 cm³/mol. The lowest BCUT2D eigenvalue weighted by molar-refractivity contribution is -0.137. The van der Waals surface area contributed by atoms with Crippen molar-refractivity contribution in [1.29, 1.82) is 0 Å². The molecule has 28 heavy (non-hydrogen) atoms. The lowest BCUT2D eigenvalue weighted by Gasteiger charge is -2.35. The molecule has 0 unspecified atom stereocenters. The van der Waals surface area contributed by atoms with Crippen LogP contribution in [-0.4, -0.2) is 26.9 Å². The molecule has 0 bridgehead atoms. The van der Waals surface area contributed by atoms with Crippen LogP contribution in [0.2, 0.25) is 0 Å². The summed E-state index contributed by atoms with van der Waals surface area (Å²) in [6, 6.07) is 12.0. The highest BCUT2D eigenvalue weighted by molar-refractivity contribution is 5.94. The summed E-state index contributed by atoms with van der Waals surface area (Å²) >= 11 is 0. The van der Waals surface area contributed by atoms with Crippen molar-refractivity contribution in [2.24, 2.45) is 7.05 Å². The van der Waals surface area contributed by atoms with Gasteiger partial charge in [-0.05, 0) is 55.7 Å². The fourth-order valence-electron chi connectivity index (χ4n) is 3.87. The Hall–Kier alpha value is -2.83. The van der Waals surface area contributed by atoms with Crippen LogP contribution in [0.5, 0.6) is 0 Å². The van der Waals surface area contributed by atoms with Crippen molar-refractivity contribution in [3.63, 3.8) is 0 Å². The highest BCUT2D eigenvalue weighted by Crippen LogP contribution is 2.34. The zero-order valence-electron chi connectivity index (χ0n) is 15.4. The first-order chi connectivity index (χ1) is 13.4. The summed E-state index contributed by atoms with van der Waals surface area (Å²) in [6.07, 6.45) is -1.79. The molecular formula is C21H20F3N3O. The number of piperidine rings is 1. The van der Waals surface area contributed by atoms with Gasteiger partial charge in [0.2, 0.25) is 0 Å². The van der Waals surface area contributed by atoms with Crippen LogP contribution in [0.3, 0.4) is 0 Å². The number of carbonyl (C=O) groups excluding carboxylic acids is 1. The third-order valence-corrected chi connectivity index (χ3v) is 5.34. The van der Waals surface area contributed by atoms with Gasteiger partial charge >= 0.3 is 6.18 Å². The molecule has 0 aliphatic carbocycles. The zero-order valence-corrected chi connectivity index (χ0v) is 15.4. The van der Waals surface area contributed by atoms with E-state index in [4.69, 9.17) is 4.98 Å². The van der Waals surface area contributed by atoms with Crippen molar-refractivity contribution in [2.75, 3.05) is 6.54 Å². The van der Waals surface area contributed by atoms with E-state index in [1.165, 1.54) is 12.1 Å². The Labute approximate surface area is 160 Å². The highest BCUT2D eigenvalue weighted by atomic mass is 19.4. The van der Waals surface area contributed by atoms with E-state index in [9.17, 15) is 18.0 Å². The maximum absolute atomic E-state index is 13.1. The number of imidazole rings is 1. The maximum Gasteiger partial charge on any atom is 0.416 e. The molecule has 7 heteroatoms. The fourth-order valence-corrected chi connectivity index (χ4v) is 3.87. The van der Waals surface area contributed by atoms with E-state index in [0.29, 0.717) is 6.54 Å². The highest BCUT2D eigenvalue weighted by Gasteiger charge is 2.33. The van der Waals surface area contributed by atoms with Gasteiger partial charge in [0.05, 0.1) is 22.6 Å². The van der Waals surface area contributed by atoms with Crippen LogP contribution in [0.1, 0.15) is 47.1 Å². The van der Waals surface area contributed by atoms with Gasteiger partial charge < -0.3 is 9.47 Å². The molecule has 1 aromatic heterocycles. The Kier molecular flexibility index (Phi) is 4.61. The van der Waals surface area contributed by atoms with Crippen LogP contribution in [0.25, 0.3) is 11.0 Å². The van der Waals surface area contributed by atoms with E-state index in [0.717, 1.165) is 48.3 Å². The summed E-state index contributed by atoms with van der Waals surface area (Å²) < 4.78 is 40.4. The molecule has 4 nitrogen and oxygen atoms in total. The Bertz CT molecular complexity index is 1010.